The minimum absolute atomic E-state index is 0.262. The quantitative estimate of drug-likeness (QED) is 0.688. The van der Waals surface area contributed by atoms with Gasteiger partial charge in [-0.15, -0.1) is 0 Å². The monoisotopic (exact) mass is 367 g/mol. The lowest BCUT2D eigenvalue weighted by atomic mass is 10.3. The van der Waals surface area contributed by atoms with E-state index in [-0.39, 0.29) is 6.04 Å². The van der Waals surface area contributed by atoms with E-state index in [1.165, 1.54) is 0 Å². The van der Waals surface area contributed by atoms with Crippen molar-refractivity contribution in [3.05, 3.63) is 24.9 Å². The maximum Gasteiger partial charge on any atom is 0.224 e. The third-order valence-corrected chi connectivity index (χ3v) is 5.00. The van der Waals surface area contributed by atoms with Gasteiger partial charge >= 0.3 is 0 Å². The summed E-state index contributed by atoms with van der Waals surface area (Å²) in [6.07, 6.45) is 6.02. The van der Waals surface area contributed by atoms with E-state index in [1.807, 2.05) is 12.3 Å². The molecule has 10 heteroatoms. The predicted octanol–water partition coefficient (Wildman–Crippen LogP) is 0.670. The summed E-state index contributed by atoms with van der Waals surface area (Å²) in [5.41, 5.74) is 1.57. The molecule has 0 bridgehead atoms. The van der Waals surface area contributed by atoms with Crippen molar-refractivity contribution >= 4 is 28.7 Å². The van der Waals surface area contributed by atoms with Crippen molar-refractivity contribution in [2.45, 2.75) is 12.5 Å². The Morgan fingerprint density at radius 3 is 2.93 bits per heavy atom. The van der Waals surface area contributed by atoms with Gasteiger partial charge < -0.3 is 24.8 Å². The molecule has 27 heavy (non-hydrogen) atoms. The molecule has 2 aliphatic heterocycles. The summed E-state index contributed by atoms with van der Waals surface area (Å²) in [6, 6.07) is 2.21. The minimum atomic E-state index is 0.262. The number of nitrogens with one attached hydrogen (secondary N) is 2. The Morgan fingerprint density at radius 2 is 2.00 bits per heavy atom. The summed E-state index contributed by atoms with van der Waals surface area (Å²) in [4.78, 5) is 29.5. The van der Waals surface area contributed by atoms with E-state index in [0.29, 0.717) is 11.6 Å². The fourth-order valence-corrected chi connectivity index (χ4v) is 3.63. The minimum Gasteiger partial charge on any atom is -0.378 e. The fraction of sp³-hybridized carbons (Fsp3) is 0.471. The van der Waals surface area contributed by atoms with Gasteiger partial charge in [0.15, 0.2) is 11.5 Å². The van der Waals surface area contributed by atoms with Crippen LogP contribution in [0.3, 0.4) is 0 Å². The lowest BCUT2D eigenvalue weighted by molar-refractivity contribution is 0.122. The summed E-state index contributed by atoms with van der Waals surface area (Å²) in [6.45, 7) is 4.95. The van der Waals surface area contributed by atoms with Crippen LogP contribution < -0.4 is 15.1 Å². The molecule has 1 atom stereocenters. The van der Waals surface area contributed by atoms with Gasteiger partial charge in [-0.05, 0) is 12.5 Å². The average Bonchev–Trinajstić information content (AvgIpc) is 3.38. The number of ether oxygens (including phenoxy) is 1. The number of anilines is 3. The Bertz CT molecular complexity index is 923. The molecule has 0 amide bonds. The molecule has 3 aromatic heterocycles. The first-order valence-electron chi connectivity index (χ1n) is 9.18. The van der Waals surface area contributed by atoms with Crippen LogP contribution >= 0.6 is 0 Å². The first-order valence-corrected chi connectivity index (χ1v) is 9.18. The van der Waals surface area contributed by atoms with Crippen molar-refractivity contribution in [2.75, 3.05) is 54.5 Å². The molecule has 2 aliphatic rings. The van der Waals surface area contributed by atoms with Gasteiger partial charge in [-0.3, -0.25) is 0 Å². The second kappa shape index (κ2) is 6.95. The summed E-state index contributed by atoms with van der Waals surface area (Å²) < 4.78 is 5.41. The number of rotatable bonds is 4. The number of aromatic nitrogens is 6. The van der Waals surface area contributed by atoms with Crippen LogP contribution in [0.25, 0.3) is 11.2 Å². The lowest BCUT2D eigenvalue weighted by Crippen LogP contribution is -2.37. The number of morpholine rings is 1. The zero-order valence-corrected chi connectivity index (χ0v) is 14.9. The van der Waals surface area contributed by atoms with Crippen LogP contribution in [0.15, 0.2) is 24.9 Å². The van der Waals surface area contributed by atoms with E-state index in [2.05, 4.69) is 45.0 Å². The SMILES string of the molecule is c1cc(N2CCOCC2)nc(NC2CCN(c3ncnc4nc[nH]c34)C2)n1. The molecule has 2 fully saturated rings. The first-order chi connectivity index (χ1) is 13.4. The van der Waals surface area contributed by atoms with Gasteiger partial charge in [0.05, 0.1) is 19.5 Å². The highest BCUT2D eigenvalue weighted by Crippen LogP contribution is 2.25. The largest absolute Gasteiger partial charge is 0.378 e. The second-order valence-electron chi connectivity index (χ2n) is 6.71. The van der Waals surface area contributed by atoms with E-state index in [1.54, 1.807) is 12.7 Å². The Kier molecular flexibility index (Phi) is 4.17. The Hall–Kier alpha value is -3.01. The van der Waals surface area contributed by atoms with Crippen LogP contribution in [-0.4, -0.2) is 75.3 Å². The van der Waals surface area contributed by atoms with Crippen molar-refractivity contribution in [1.29, 1.82) is 0 Å². The third kappa shape index (κ3) is 3.23. The van der Waals surface area contributed by atoms with Crippen molar-refractivity contribution in [3.8, 4) is 0 Å². The molecule has 5 heterocycles. The number of aromatic amines is 1. The first kappa shape index (κ1) is 16.2. The summed E-state index contributed by atoms with van der Waals surface area (Å²) in [5, 5.41) is 3.47. The van der Waals surface area contributed by atoms with Crippen LogP contribution in [0.4, 0.5) is 17.6 Å². The maximum absolute atomic E-state index is 5.41. The van der Waals surface area contributed by atoms with Gasteiger partial charge in [-0.1, -0.05) is 0 Å². The molecule has 0 saturated carbocycles. The highest BCUT2D eigenvalue weighted by atomic mass is 16.5. The Morgan fingerprint density at radius 1 is 1.07 bits per heavy atom. The smallest absolute Gasteiger partial charge is 0.224 e. The van der Waals surface area contributed by atoms with E-state index in [0.717, 1.165) is 63.0 Å². The molecule has 2 saturated heterocycles. The van der Waals surface area contributed by atoms with Gasteiger partial charge in [0, 0.05) is 38.4 Å². The van der Waals surface area contributed by atoms with Crippen LogP contribution in [0, 0.1) is 0 Å². The van der Waals surface area contributed by atoms with Gasteiger partial charge in [0.1, 0.15) is 17.7 Å². The van der Waals surface area contributed by atoms with Crippen LogP contribution in [0.5, 0.6) is 0 Å². The van der Waals surface area contributed by atoms with E-state index >= 15 is 0 Å². The van der Waals surface area contributed by atoms with Crippen molar-refractivity contribution in [2.24, 2.45) is 0 Å². The number of nitrogens with zero attached hydrogens (tertiary/aromatic N) is 7. The number of imidazole rings is 1. The molecule has 2 N–H and O–H groups in total. The molecule has 5 rings (SSSR count). The van der Waals surface area contributed by atoms with E-state index < -0.39 is 0 Å². The van der Waals surface area contributed by atoms with Crippen LogP contribution in [0.2, 0.25) is 0 Å². The average molecular weight is 367 g/mol. The topological polar surface area (TPSA) is 108 Å². The standard InChI is InChI=1S/C17H21N9O/c1-3-18-17(24-13(1)25-5-7-27-8-6-25)23-12-2-4-26(9-12)16-14-15(20-10-19-14)21-11-22-16/h1,3,10-12H,2,4-9H2,(H,18,23,24)(H,19,20,21,22). The zero-order chi connectivity index (χ0) is 18.1. The van der Waals surface area contributed by atoms with Crippen molar-refractivity contribution in [3.63, 3.8) is 0 Å². The highest BCUT2D eigenvalue weighted by molar-refractivity contribution is 5.82. The lowest BCUT2D eigenvalue weighted by Gasteiger charge is -2.28. The van der Waals surface area contributed by atoms with Crippen molar-refractivity contribution in [1.82, 2.24) is 29.9 Å². The van der Waals surface area contributed by atoms with Gasteiger partial charge in [-0.25, -0.2) is 19.9 Å². The molecule has 3 aromatic rings. The summed E-state index contributed by atoms with van der Waals surface area (Å²) in [5.74, 6) is 2.51. The molecular formula is C17H21N9O. The predicted molar refractivity (Wildman–Crippen MR) is 101 cm³/mol. The number of hydrogen-bond acceptors (Lipinski definition) is 9. The molecule has 0 spiro atoms. The molecule has 1 unspecified atom stereocenters. The Balaban J connectivity index is 1.28. The van der Waals surface area contributed by atoms with Crippen LogP contribution in [-0.2, 0) is 4.74 Å². The van der Waals surface area contributed by atoms with E-state index in [4.69, 9.17) is 4.74 Å². The van der Waals surface area contributed by atoms with Gasteiger partial charge in [0.25, 0.3) is 0 Å². The van der Waals surface area contributed by atoms with Gasteiger partial charge in [0.2, 0.25) is 5.95 Å². The molecule has 140 valence electrons. The third-order valence-electron chi connectivity index (χ3n) is 5.00. The highest BCUT2D eigenvalue weighted by Gasteiger charge is 2.26. The Labute approximate surface area is 156 Å². The fourth-order valence-electron chi connectivity index (χ4n) is 3.63. The van der Waals surface area contributed by atoms with Crippen molar-refractivity contribution < 1.29 is 4.74 Å². The van der Waals surface area contributed by atoms with Gasteiger partial charge in [-0.2, -0.15) is 4.98 Å². The number of fused-ring (bicyclic) bond motifs is 1. The second-order valence-corrected chi connectivity index (χ2v) is 6.71. The summed E-state index contributed by atoms with van der Waals surface area (Å²) in [7, 11) is 0. The molecule has 10 nitrogen and oxygen atoms in total. The molecular weight excluding hydrogens is 346 g/mol. The molecule has 0 radical (unpaired) electrons. The summed E-state index contributed by atoms with van der Waals surface area (Å²) >= 11 is 0. The number of H-pyrrole nitrogens is 1. The normalized spacial score (nSPS) is 20.4. The maximum atomic E-state index is 5.41. The molecule has 0 aliphatic carbocycles. The van der Waals surface area contributed by atoms with Crippen LogP contribution in [0.1, 0.15) is 6.42 Å². The zero-order valence-electron chi connectivity index (χ0n) is 14.9. The molecule has 0 aromatic carbocycles. The number of hydrogen-bond donors (Lipinski definition) is 2. The van der Waals surface area contributed by atoms with E-state index in [9.17, 15) is 0 Å².